The fourth-order valence-electron chi connectivity index (χ4n) is 3.73. The molecule has 0 bridgehead atoms. The first-order valence-electron chi connectivity index (χ1n) is 9.94. The van der Waals surface area contributed by atoms with Gasteiger partial charge in [0.1, 0.15) is 11.6 Å². The first-order chi connectivity index (χ1) is 14.3. The van der Waals surface area contributed by atoms with E-state index in [9.17, 15) is 8.42 Å². The summed E-state index contributed by atoms with van der Waals surface area (Å²) >= 11 is 0. The second-order valence-electron chi connectivity index (χ2n) is 7.68. The van der Waals surface area contributed by atoms with Gasteiger partial charge < -0.3 is 4.90 Å². The van der Waals surface area contributed by atoms with Crippen LogP contribution in [0, 0.1) is 27.7 Å². The minimum absolute atomic E-state index is 0.401. The van der Waals surface area contributed by atoms with Gasteiger partial charge in [-0.25, -0.2) is 23.1 Å². The van der Waals surface area contributed by atoms with Crippen molar-refractivity contribution in [2.24, 2.45) is 0 Å². The highest BCUT2D eigenvalue weighted by molar-refractivity contribution is 7.89. The average Bonchev–Trinajstić information content (AvgIpc) is 3.25. The molecule has 30 heavy (non-hydrogen) atoms. The second-order valence-corrected chi connectivity index (χ2v) is 9.58. The zero-order valence-corrected chi connectivity index (χ0v) is 18.5. The van der Waals surface area contributed by atoms with Gasteiger partial charge in [0.25, 0.3) is 0 Å². The Labute approximate surface area is 177 Å². The van der Waals surface area contributed by atoms with Gasteiger partial charge in [-0.2, -0.15) is 9.40 Å². The quantitative estimate of drug-likeness (QED) is 0.637. The average molecular weight is 427 g/mol. The van der Waals surface area contributed by atoms with E-state index in [-0.39, 0.29) is 0 Å². The van der Waals surface area contributed by atoms with Gasteiger partial charge in [-0.3, -0.25) is 0 Å². The first kappa shape index (κ1) is 20.5. The van der Waals surface area contributed by atoms with Gasteiger partial charge in [0.15, 0.2) is 5.82 Å². The van der Waals surface area contributed by atoms with Crippen LogP contribution in [0.15, 0.2) is 41.6 Å². The molecule has 9 heteroatoms. The Morgan fingerprint density at radius 2 is 1.50 bits per heavy atom. The van der Waals surface area contributed by atoms with E-state index in [1.165, 1.54) is 0 Å². The molecule has 0 aliphatic carbocycles. The summed E-state index contributed by atoms with van der Waals surface area (Å²) in [7, 11) is -3.53. The summed E-state index contributed by atoms with van der Waals surface area (Å²) in [5, 5.41) is 4.23. The standard InChI is InChI=1S/C21H26N6O2S/c1-15-12-17(3)19(13-16(15)2)30(28,29)26-10-8-25(9-11-26)20-14-21(24-18(4)23-20)27-7-5-6-22-27/h5-7,12-14H,8-11H2,1-4H3. The van der Waals surface area contributed by atoms with Gasteiger partial charge in [0.2, 0.25) is 10.0 Å². The molecule has 0 spiro atoms. The van der Waals surface area contributed by atoms with Crippen molar-refractivity contribution in [1.29, 1.82) is 0 Å². The molecule has 0 saturated carbocycles. The molecule has 4 rings (SSSR count). The van der Waals surface area contributed by atoms with Crippen LogP contribution in [0.4, 0.5) is 5.82 Å². The van der Waals surface area contributed by atoms with Crippen LogP contribution in [-0.2, 0) is 10.0 Å². The van der Waals surface area contributed by atoms with Gasteiger partial charge in [-0.1, -0.05) is 6.07 Å². The van der Waals surface area contributed by atoms with Crippen LogP contribution in [0.25, 0.3) is 5.82 Å². The smallest absolute Gasteiger partial charge is 0.243 e. The third kappa shape index (κ3) is 3.82. The van der Waals surface area contributed by atoms with Gasteiger partial charge >= 0.3 is 0 Å². The van der Waals surface area contributed by atoms with Gasteiger partial charge in [-0.05, 0) is 56.5 Å². The minimum Gasteiger partial charge on any atom is -0.354 e. The largest absolute Gasteiger partial charge is 0.354 e. The maximum absolute atomic E-state index is 13.2. The van der Waals surface area contributed by atoms with Crippen LogP contribution >= 0.6 is 0 Å². The Hall–Kier alpha value is -2.78. The van der Waals surface area contributed by atoms with Crippen LogP contribution in [0.3, 0.4) is 0 Å². The Morgan fingerprint density at radius 3 is 2.17 bits per heavy atom. The number of aromatic nitrogens is 4. The van der Waals surface area contributed by atoms with E-state index in [0.717, 1.165) is 22.5 Å². The lowest BCUT2D eigenvalue weighted by Crippen LogP contribution is -2.49. The number of rotatable bonds is 4. The number of nitrogens with zero attached hydrogens (tertiary/aromatic N) is 6. The van der Waals surface area contributed by atoms with E-state index < -0.39 is 10.0 Å². The molecule has 8 nitrogen and oxygen atoms in total. The second kappa shape index (κ2) is 7.81. The topological polar surface area (TPSA) is 84.2 Å². The summed E-state index contributed by atoms with van der Waals surface area (Å²) < 4.78 is 29.8. The lowest BCUT2D eigenvalue weighted by molar-refractivity contribution is 0.383. The molecule has 3 aromatic rings. The molecule has 158 valence electrons. The summed E-state index contributed by atoms with van der Waals surface area (Å²) in [5.41, 5.74) is 2.87. The number of piperazine rings is 1. The SMILES string of the molecule is Cc1nc(N2CCN(S(=O)(=O)c3cc(C)c(C)cc3C)CC2)cc(-n2cccn2)n1. The molecule has 0 amide bonds. The monoisotopic (exact) mass is 426 g/mol. The van der Waals surface area contributed by atoms with Crippen molar-refractivity contribution in [2.45, 2.75) is 32.6 Å². The lowest BCUT2D eigenvalue weighted by Gasteiger charge is -2.35. The normalized spacial score (nSPS) is 15.5. The van der Waals surface area contributed by atoms with Crippen molar-refractivity contribution in [3.8, 4) is 5.82 Å². The summed E-state index contributed by atoms with van der Waals surface area (Å²) in [6, 6.07) is 7.46. The fourth-order valence-corrected chi connectivity index (χ4v) is 5.44. The van der Waals surface area contributed by atoms with Crippen LogP contribution in [0.1, 0.15) is 22.5 Å². The predicted octanol–water partition coefficient (Wildman–Crippen LogP) is 2.41. The van der Waals surface area contributed by atoms with Crippen molar-refractivity contribution in [2.75, 3.05) is 31.1 Å². The van der Waals surface area contributed by atoms with Crippen molar-refractivity contribution in [3.05, 3.63) is 59.2 Å². The molecule has 3 heterocycles. The Morgan fingerprint density at radius 1 is 0.833 bits per heavy atom. The third-order valence-electron chi connectivity index (χ3n) is 5.52. The number of sulfonamides is 1. The van der Waals surface area contributed by atoms with Crippen LogP contribution in [-0.4, -0.2) is 58.7 Å². The highest BCUT2D eigenvalue weighted by Crippen LogP contribution is 2.25. The first-order valence-corrected chi connectivity index (χ1v) is 11.4. The summed E-state index contributed by atoms with van der Waals surface area (Å²) in [6.45, 7) is 9.61. The van der Waals surface area contributed by atoms with E-state index in [1.807, 2.05) is 52.1 Å². The Bertz CT molecular complexity index is 1170. The van der Waals surface area contributed by atoms with Gasteiger partial charge in [0.05, 0.1) is 4.90 Å². The fraction of sp³-hybridized carbons (Fsp3) is 0.381. The van der Waals surface area contributed by atoms with Crippen LogP contribution < -0.4 is 4.90 Å². The molecule has 1 aromatic carbocycles. The minimum atomic E-state index is -3.53. The van der Waals surface area contributed by atoms with Crippen molar-refractivity contribution in [1.82, 2.24) is 24.1 Å². The molecule has 2 aromatic heterocycles. The number of benzene rings is 1. The maximum atomic E-state index is 13.2. The van der Waals surface area contributed by atoms with E-state index in [4.69, 9.17) is 0 Å². The van der Waals surface area contributed by atoms with E-state index in [0.29, 0.717) is 42.7 Å². The number of hydrogen-bond acceptors (Lipinski definition) is 6. The summed E-state index contributed by atoms with van der Waals surface area (Å²) in [5.74, 6) is 2.13. The zero-order chi connectivity index (χ0) is 21.5. The summed E-state index contributed by atoms with van der Waals surface area (Å²) in [6.07, 6.45) is 3.54. The van der Waals surface area contributed by atoms with Gasteiger partial charge in [0, 0.05) is 44.6 Å². The Balaban J connectivity index is 1.54. The van der Waals surface area contributed by atoms with Crippen molar-refractivity contribution in [3.63, 3.8) is 0 Å². The molecular weight excluding hydrogens is 400 g/mol. The molecule has 1 aliphatic heterocycles. The number of anilines is 1. The molecule has 1 aliphatic rings. The molecule has 0 radical (unpaired) electrons. The highest BCUT2D eigenvalue weighted by Gasteiger charge is 2.30. The molecule has 0 N–H and O–H groups in total. The van der Waals surface area contributed by atoms with E-state index in [1.54, 1.807) is 21.3 Å². The van der Waals surface area contributed by atoms with E-state index >= 15 is 0 Å². The third-order valence-corrected chi connectivity index (χ3v) is 7.56. The van der Waals surface area contributed by atoms with E-state index in [2.05, 4.69) is 20.0 Å². The van der Waals surface area contributed by atoms with Crippen LogP contribution in [0.2, 0.25) is 0 Å². The number of aryl methyl sites for hydroxylation is 4. The Kier molecular flexibility index (Phi) is 5.33. The maximum Gasteiger partial charge on any atom is 0.243 e. The molecular formula is C21H26N6O2S. The van der Waals surface area contributed by atoms with Gasteiger partial charge in [-0.15, -0.1) is 0 Å². The number of hydrogen-bond donors (Lipinski definition) is 0. The predicted molar refractivity (Wildman–Crippen MR) is 116 cm³/mol. The molecule has 1 saturated heterocycles. The lowest BCUT2D eigenvalue weighted by atomic mass is 10.1. The van der Waals surface area contributed by atoms with Crippen molar-refractivity contribution < 1.29 is 8.42 Å². The zero-order valence-electron chi connectivity index (χ0n) is 17.7. The van der Waals surface area contributed by atoms with Crippen molar-refractivity contribution >= 4 is 15.8 Å². The summed E-state index contributed by atoms with van der Waals surface area (Å²) in [4.78, 5) is 11.5. The highest BCUT2D eigenvalue weighted by atomic mass is 32.2. The molecule has 0 atom stereocenters. The van der Waals surface area contributed by atoms with Crippen LogP contribution in [0.5, 0.6) is 0 Å². The molecule has 1 fully saturated rings. The molecule has 0 unspecified atom stereocenters.